The molecule has 0 bridgehead atoms. The molecule has 0 fully saturated rings. The second-order valence-corrected chi connectivity index (χ2v) is 5.90. The van der Waals surface area contributed by atoms with Crippen LogP contribution in [0.2, 0.25) is 0 Å². The third kappa shape index (κ3) is 10.9. The van der Waals surface area contributed by atoms with E-state index in [1.807, 2.05) is 0 Å². The van der Waals surface area contributed by atoms with Gasteiger partial charge in [0, 0.05) is 6.42 Å². The first kappa shape index (κ1) is 20.3. The van der Waals surface area contributed by atoms with Gasteiger partial charge in [-0.05, 0) is 30.5 Å². The van der Waals surface area contributed by atoms with Crippen molar-refractivity contribution in [2.45, 2.75) is 64.0 Å². The number of carboxylic acid groups (broad SMARTS) is 1. The lowest BCUT2D eigenvalue weighted by molar-refractivity contribution is -0.136. The number of hydrogen-bond donors (Lipinski definition) is 1. The summed E-state index contributed by atoms with van der Waals surface area (Å²) in [5, 5.41) is 8.68. The van der Waals surface area contributed by atoms with E-state index in [-0.39, 0.29) is 12.8 Å². The second-order valence-electron chi connectivity index (χ2n) is 5.90. The third-order valence-corrected chi connectivity index (χ3v) is 3.65. The summed E-state index contributed by atoms with van der Waals surface area (Å²) in [6.45, 7) is 0.590. The van der Waals surface area contributed by atoms with E-state index in [1.54, 1.807) is 24.3 Å². The molecule has 1 N–H and O–H groups in total. The number of benzene rings is 1. The molecule has 0 saturated heterocycles. The summed E-state index contributed by atoms with van der Waals surface area (Å²) in [6, 6.07) is 7.01. The van der Waals surface area contributed by atoms with Gasteiger partial charge < -0.3 is 9.84 Å². The molecule has 136 valence electrons. The molecule has 6 heteroatoms. The summed E-state index contributed by atoms with van der Waals surface area (Å²) >= 11 is 0. The summed E-state index contributed by atoms with van der Waals surface area (Å²) in [7, 11) is 0. The molecule has 3 nitrogen and oxygen atoms in total. The largest absolute Gasteiger partial charge is 0.494 e. The number of alkyl halides is 3. The fourth-order valence-electron chi connectivity index (χ4n) is 2.38. The number of carboxylic acids is 1. The molecule has 1 aromatic rings. The summed E-state index contributed by atoms with van der Waals surface area (Å²) in [6.07, 6.45) is 0.883. The number of rotatable bonds is 12. The van der Waals surface area contributed by atoms with Gasteiger partial charge in [-0.25, -0.2) is 0 Å². The van der Waals surface area contributed by atoms with Crippen molar-refractivity contribution in [2.24, 2.45) is 0 Å². The SMILES string of the molecule is O=C(O)Cc1ccc(OCCCCCCCCCC(F)(F)F)cc1. The van der Waals surface area contributed by atoms with Crippen molar-refractivity contribution in [1.29, 1.82) is 0 Å². The van der Waals surface area contributed by atoms with Crippen molar-refractivity contribution in [3.05, 3.63) is 29.8 Å². The predicted octanol–water partition coefficient (Wildman–Crippen LogP) is 5.38. The van der Waals surface area contributed by atoms with Crippen LogP contribution in [0.3, 0.4) is 0 Å². The van der Waals surface area contributed by atoms with Gasteiger partial charge in [-0.3, -0.25) is 4.79 Å². The number of ether oxygens (including phenoxy) is 1. The fourth-order valence-corrected chi connectivity index (χ4v) is 2.38. The van der Waals surface area contributed by atoms with E-state index in [1.165, 1.54) is 0 Å². The van der Waals surface area contributed by atoms with E-state index in [4.69, 9.17) is 9.84 Å². The van der Waals surface area contributed by atoms with Gasteiger partial charge in [0.1, 0.15) is 5.75 Å². The smallest absolute Gasteiger partial charge is 0.389 e. The number of unbranched alkanes of at least 4 members (excludes halogenated alkanes) is 6. The summed E-state index contributed by atoms with van der Waals surface area (Å²) < 4.78 is 41.4. The highest BCUT2D eigenvalue weighted by atomic mass is 19.4. The Morgan fingerprint density at radius 1 is 0.917 bits per heavy atom. The molecule has 0 saturated carbocycles. The maximum atomic E-state index is 11.9. The highest BCUT2D eigenvalue weighted by Crippen LogP contribution is 2.23. The van der Waals surface area contributed by atoms with Crippen molar-refractivity contribution in [3.8, 4) is 5.75 Å². The lowest BCUT2D eigenvalue weighted by Crippen LogP contribution is -2.06. The second kappa shape index (κ2) is 10.9. The van der Waals surface area contributed by atoms with Gasteiger partial charge in [0.25, 0.3) is 0 Å². The quantitative estimate of drug-likeness (QED) is 0.517. The summed E-state index contributed by atoms with van der Waals surface area (Å²) in [5.41, 5.74) is 0.736. The van der Waals surface area contributed by atoms with E-state index < -0.39 is 18.6 Å². The van der Waals surface area contributed by atoms with Gasteiger partial charge in [-0.1, -0.05) is 44.2 Å². The standard InChI is InChI=1S/C18H25F3O3/c19-18(20,21)12-6-4-2-1-3-5-7-13-24-16-10-8-15(9-11-16)14-17(22)23/h8-11H,1-7,12-14H2,(H,22,23). The number of carbonyl (C=O) groups is 1. The monoisotopic (exact) mass is 346 g/mol. The van der Waals surface area contributed by atoms with Gasteiger partial charge in [0.15, 0.2) is 0 Å². The zero-order chi connectivity index (χ0) is 17.8. The van der Waals surface area contributed by atoms with Crippen LogP contribution in [0.1, 0.15) is 56.9 Å². The Bertz CT molecular complexity index is 469. The van der Waals surface area contributed by atoms with Crippen LogP contribution in [-0.2, 0) is 11.2 Å². The average Bonchev–Trinajstić information content (AvgIpc) is 2.49. The molecule has 1 aromatic carbocycles. The topological polar surface area (TPSA) is 46.5 Å². The molecule has 0 aliphatic heterocycles. The van der Waals surface area contributed by atoms with Crippen LogP contribution < -0.4 is 4.74 Å². The summed E-state index contributed by atoms with van der Waals surface area (Å²) in [4.78, 5) is 10.6. The minimum absolute atomic E-state index is 0.00322. The van der Waals surface area contributed by atoms with Crippen molar-refractivity contribution in [2.75, 3.05) is 6.61 Å². The molecule has 0 aliphatic carbocycles. The highest BCUT2D eigenvalue weighted by Gasteiger charge is 2.25. The van der Waals surface area contributed by atoms with Gasteiger partial charge in [-0.2, -0.15) is 13.2 Å². The molecule has 1 rings (SSSR count). The lowest BCUT2D eigenvalue weighted by Gasteiger charge is -2.07. The average molecular weight is 346 g/mol. The van der Waals surface area contributed by atoms with E-state index >= 15 is 0 Å². The van der Waals surface area contributed by atoms with Crippen LogP contribution in [0.5, 0.6) is 5.75 Å². The zero-order valence-electron chi connectivity index (χ0n) is 13.8. The van der Waals surface area contributed by atoms with E-state index in [0.29, 0.717) is 13.0 Å². The molecule has 0 aromatic heterocycles. The van der Waals surface area contributed by atoms with E-state index in [0.717, 1.165) is 43.4 Å². The molecule has 0 radical (unpaired) electrons. The molecule has 0 spiro atoms. The van der Waals surface area contributed by atoms with Crippen molar-refractivity contribution < 1.29 is 27.8 Å². The molecular formula is C18H25F3O3. The Morgan fingerprint density at radius 3 is 2.00 bits per heavy atom. The molecule has 24 heavy (non-hydrogen) atoms. The normalized spacial score (nSPS) is 11.5. The van der Waals surface area contributed by atoms with Gasteiger partial charge >= 0.3 is 12.1 Å². The van der Waals surface area contributed by atoms with Crippen LogP contribution >= 0.6 is 0 Å². The zero-order valence-corrected chi connectivity index (χ0v) is 13.8. The number of halogens is 3. The molecule has 0 heterocycles. The van der Waals surface area contributed by atoms with Crippen molar-refractivity contribution in [3.63, 3.8) is 0 Å². The highest BCUT2D eigenvalue weighted by molar-refractivity contribution is 5.70. The van der Waals surface area contributed by atoms with Crippen molar-refractivity contribution in [1.82, 2.24) is 0 Å². The minimum atomic E-state index is -4.02. The Labute approximate surface area is 140 Å². The van der Waals surface area contributed by atoms with Crippen LogP contribution in [0.4, 0.5) is 13.2 Å². The van der Waals surface area contributed by atoms with Crippen LogP contribution in [0.15, 0.2) is 24.3 Å². The van der Waals surface area contributed by atoms with Crippen LogP contribution in [0.25, 0.3) is 0 Å². The maximum Gasteiger partial charge on any atom is 0.389 e. The molecule has 0 atom stereocenters. The van der Waals surface area contributed by atoms with Crippen LogP contribution in [-0.4, -0.2) is 23.9 Å². The third-order valence-electron chi connectivity index (χ3n) is 3.65. The first-order valence-corrected chi connectivity index (χ1v) is 8.37. The van der Waals surface area contributed by atoms with E-state index in [2.05, 4.69) is 0 Å². The Morgan fingerprint density at radius 2 is 1.46 bits per heavy atom. The molecular weight excluding hydrogens is 321 g/mol. The maximum absolute atomic E-state index is 11.9. The predicted molar refractivity (Wildman–Crippen MR) is 86.3 cm³/mol. The lowest BCUT2D eigenvalue weighted by atomic mass is 10.1. The van der Waals surface area contributed by atoms with Crippen LogP contribution in [0, 0.1) is 0 Å². The van der Waals surface area contributed by atoms with E-state index in [9.17, 15) is 18.0 Å². The number of aliphatic carboxylic acids is 1. The van der Waals surface area contributed by atoms with Crippen molar-refractivity contribution >= 4 is 5.97 Å². The fraction of sp³-hybridized carbons (Fsp3) is 0.611. The molecule has 0 unspecified atom stereocenters. The first-order chi connectivity index (χ1) is 11.4. The Balaban J connectivity index is 1.97. The first-order valence-electron chi connectivity index (χ1n) is 8.37. The van der Waals surface area contributed by atoms with Gasteiger partial charge in [0.2, 0.25) is 0 Å². The van der Waals surface area contributed by atoms with Gasteiger partial charge in [0.05, 0.1) is 13.0 Å². The Kier molecular flexibility index (Phi) is 9.27. The Hall–Kier alpha value is -1.72. The summed E-state index contributed by atoms with van der Waals surface area (Å²) in [5.74, 6) is -0.140. The molecule has 0 amide bonds. The van der Waals surface area contributed by atoms with Gasteiger partial charge in [-0.15, -0.1) is 0 Å². The minimum Gasteiger partial charge on any atom is -0.494 e. The molecule has 0 aliphatic rings. The number of hydrogen-bond acceptors (Lipinski definition) is 2.